The fourth-order valence-corrected chi connectivity index (χ4v) is 3.95. The molecule has 0 unspecified atom stereocenters. The summed E-state index contributed by atoms with van der Waals surface area (Å²) in [7, 11) is 3.81. The predicted molar refractivity (Wildman–Crippen MR) is 89.1 cm³/mol. The largest absolute Gasteiger partial charge is 0.493 e. The van der Waals surface area contributed by atoms with E-state index in [0.29, 0.717) is 6.42 Å². The first-order chi connectivity index (χ1) is 10.1. The lowest BCUT2D eigenvalue weighted by molar-refractivity contribution is -0.117. The molecule has 5 heteroatoms. The van der Waals surface area contributed by atoms with Gasteiger partial charge in [0.15, 0.2) is 17.3 Å². The minimum absolute atomic E-state index is 0. The molecule has 118 valence electrons. The average molecular weight is 366 g/mol. The second-order valence-corrected chi connectivity index (χ2v) is 6.27. The first-order valence-electron chi connectivity index (χ1n) is 7.41. The summed E-state index contributed by atoms with van der Waals surface area (Å²) in [6, 6.07) is 4.11. The van der Waals surface area contributed by atoms with Gasteiger partial charge in [0.05, 0.1) is 12.5 Å². The Morgan fingerprint density at radius 2 is 2.23 bits per heavy atom. The summed E-state index contributed by atoms with van der Waals surface area (Å²) in [4.78, 5) is 14.1. The van der Waals surface area contributed by atoms with Crippen molar-refractivity contribution in [2.75, 3.05) is 20.7 Å². The minimum atomic E-state index is -0.169. The van der Waals surface area contributed by atoms with Crippen molar-refractivity contribution in [3.63, 3.8) is 0 Å². The van der Waals surface area contributed by atoms with Gasteiger partial charge in [-0.1, -0.05) is 12.1 Å². The van der Waals surface area contributed by atoms with Crippen LogP contribution in [0.2, 0.25) is 0 Å². The molecule has 0 saturated carbocycles. The number of ether oxygens (including phenoxy) is 2. The maximum Gasteiger partial charge on any atom is 0.166 e. The smallest absolute Gasteiger partial charge is 0.166 e. The third kappa shape index (κ3) is 2.02. The average Bonchev–Trinajstić information content (AvgIpc) is 2.72. The molecule has 2 aliphatic heterocycles. The molecule has 0 saturated heterocycles. The maximum absolute atomic E-state index is 11.8. The van der Waals surface area contributed by atoms with E-state index in [1.165, 1.54) is 11.1 Å². The number of hydrogen-bond acceptors (Lipinski definition) is 4. The summed E-state index contributed by atoms with van der Waals surface area (Å²) in [5.41, 5.74) is 2.35. The van der Waals surface area contributed by atoms with Crippen molar-refractivity contribution in [1.82, 2.24) is 4.90 Å². The zero-order chi connectivity index (χ0) is 14.6. The van der Waals surface area contributed by atoms with Crippen LogP contribution < -0.4 is 9.47 Å². The number of carbonyl (C=O) groups excluding carboxylic acids is 1. The number of rotatable bonds is 1. The number of allylic oxidation sites excluding steroid dienone is 1. The quantitative estimate of drug-likeness (QED) is 0.766. The minimum Gasteiger partial charge on any atom is -0.493 e. The molecule has 1 spiro atoms. The third-order valence-corrected chi connectivity index (χ3v) is 5.03. The van der Waals surface area contributed by atoms with E-state index in [1.54, 1.807) is 13.2 Å². The SMILES string of the molecule is Br.COc1ccc2c3c1O[C@@H]1CC(=O)C=C[C@@]31CCN(C)C2. The number of methoxy groups -OCH3 is 1. The zero-order valence-corrected chi connectivity index (χ0v) is 14.5. The number of benzene rings is 1. The van der Waals surface area contributed by atoms with Gasteiger partial charge in [0.2, 0.25) is 0 Å². The fraction of sp³-hybridized carbons (Fsp3) is 0.471. The Labute approximate surface area is 140 Å². The van der Waals surface area contributed by atoms with E-state index >= 15 is 0 Å². The zero-order valence-electron chi connectivity index (χ0n) is 12.8. The Morgan fingerprint density at radius 3 is 3.00 bits per heavy atom. The Bertz CT molecular complexity index is 658. The van der Waals surface area contributed by atoms with Crippen molar-refractivity contribution in [2.24, 2.45) is 0 Å². The second kappa shape index (κ2) is 5.39. The number of nitrogens with zero attached hydrogens (tertiary/aromatic N) is 1. The van der Waals surface area contributed by atoms with Gasteiger partial charge in [0.25, 0.3) is 0 Å². The molecular weight excluding hydrogens is 346 g/mol. The number of halogens is 1. The summed E-state index contributed by atoms with van der Waals surface area (Å²) in [5, 5.41) is 0. The van der Waals surface area contributed by atoms with E-state index < -0.39 is 0 Å². The van der Waals surface area contributed by atoms with Gasteiger partial charge in [-0.05, 0) is 37.7 Å². The van der Waals surface area contributed by atoms with E-state index in [9.17, 15) is 4.79 Å². The molecule has 2 atom stereocenters. The maximum atomic E-state index is 11.8. The molecule has 3 aliphatic rings. The van der Waals surface area contributed by atoms with Crippen LogP contribution in [0.25, 0.3) is 0 Å². The normalized spacial score (nSPS) is 29.0. The Balaban J connectivity index is 0.00000144. The van der Waals surface area contributed by atoms with Crippen LogP contribution in [0.1, 0.15) is 24.0 Å². The number of hydrogen-bond donors (Lipinski definition) is 0. The van der Waals surface area contributed by atoms with Gasteiger partial charge in [0, 0.05) is 18.5 Å². The van der Waals surface area contributed by atoms with Gasteiger partial charge >= 0.3 is 0 Å². The summed E-state index contributed by atoms with van der Waals surface area (Å²) < 4.78 is 11.7. The standard InChI is InChI=1S/C17H19NO3.BrH/c1-18-8-7-17-6-5-12(19)9-14(17)21-16-13(20-2)4-3-11(10-18)15(16)17;/h3-6,14H,7-10H2,1-2H3;1H/t14-,17+;/m1./s1. The monoisotopic (exact) mass is 365 g/mol. The number of carbonyl (C=O) groups is 1. The van der Waals surface area contributed by atoms with Crippen molar-refractivity contribution in [3.8, 4) is 11.5 Å². The van der Waals surface area contributed by atoms with Gasteiger partial charge in [-0.25, -0.2) is 0 Å². The van der Waals surface area contributed by atoms with E-state index in [1.807, 2.05) is 6.07 Å². The van der Waals surface area contributed by atoms with Crippen molar-refractivity contribution in [3.05, 3.63) is 35.4 Å². The highest BCUT2D eigenvalue weighted by Crippen LogP contribution is 2.55. The molecule has 1 aliphatic carbocycles. The van der Waals surface area contributed by atoms with Crippen molar-refractivity contribution in [2.45, 2.75) is 30.9 Å². The van der Waals surface area contributed by atoms with Gasteiger partial charge in [-0.2, -0.15) is 0 Å². The van der Waals surface area contributed by atoms with Gasteiger partial charge in [-0.3, -0.25) is 4.79 Å². The molecule has 4 rings (SSSR count). The predicted octanol–water partition coefficient (Wildman–Crippen LogP) is 2.64. The lowest BCUT2D eigenvalue weighted by Gasteiger charge is -2.33. The fourth-order valence-electron chi connectivity index (χ4n) is 3.95. The third-order valence-electron chi connectivity index (χ3n) is 5.03. The topological polar surface area (TPSA) is 38.8 Å². The van der Waals surface area contributed by atoms with Crippen molar-refractivity contribution >= 4 is 22.8 Å². The van der Waals surface area contributed by atoms with Crippen LogP contribution in [0.5, 0.6) is 11.5 Å². The van der Waals surface area contributed by atoms with E-state index in [2.05, 4.69) is 24.1 Å². The molecule has 0 radical (unpaired) electrons. The van der Waals surface area contributed by atoms with Crippen LogP contribution in [0.15, 0.2) is 24.3 Å². The van der Waals surface area contributed by atoms with Crippen molar-refractivity contribution < 1.29 is 14.3 Å². The van der Waals surface area contributed by atoms with E-state index in [0.717, 1.165) is 31.0 Å². The summed E-state index contributed by atoms with van der Waals surface area (Å²) in [6.07, 6.45) is 5.16. The Kier molecular flexibility index (Phi) is 3.81. The Morgan fingerprint density at radius 1 is 1.41 bits per heavy atom. The number of ketones is 1. The van der Waals surface area contributed by atoms with E-state index in [-0.39, 0.29) is 34.3 Å². The molecule has 1 aromatic carbocycles. The lowest BCUT2D eigenvalue weighted by Crippen LogP contribution is -2.41. The Hall–Kier alpha value is -1.33. The summed E-state index contributed by atoms with van der Waals surface area (Å²) in [5.74, 6) is 1.76. The van der Waals surface area contributed by atoms with Gasteiger partial charge in [0.1, 0.15) is 6.10 Å². The molecule has 0 fully saturated rings. The van der Waals surface area contributed by atoms with Gasteiger partial charge < -0.3 is 14.4 Å². The highest BCUT2D eigenvalue weighted by molar-refractivity contribution is 8.93. The highest BCUT2D eigenvalue weighted by Gasteiger charge is 2.52. The van der Waals surface area contributed by atoms with Crippen LogP contribution >= 0.6 is 17.0 Å². The van der Waals surface area contributed by atoms with Gasteiger partial charge in [-0.15, -0.1) is 17.0 Å². The molecule has 4 nitrogen and oxygen atoms in total. The molecular formula is C17H20BrNO3. The molecule has 2 heterocycles. The van der Waals surface area contributed by atoms with Crippen LogP contribution in [0.3, 0.4) is 0 Å². The van der Waals surface area contributed by atoms with Crippen LogP contribution in [-0.4, -0.2) is 37.5 Å². The molecule has 0 N–H and O–H groups in total. The summed E-state index contributed by atoms with van der Waals surface area (Å²) in [6.45, 7) is 1.90. The summed E-state index contributed by atoms with van der Waals surface area (Å²) >= 11 is 0. The first kappa shape index (κ1) is 15.6. The lowest BCUT2D eigenvalue weighted by atomic mass is 9.69. The molecule has 22 heavy (non-hydrogen) atoms. The second-order valence-electron chi connectivity index (χ2n) is 6.27. The molecule has 0 amide bonds. The van der Waals surface area contributed by atoms with Crippen LogP contribution in [-0.2, 0) is 16.8 Å². The van der Waals surface area contributed by atoms with E-state index in [4.69, 9.17) is 9.47 Å². The van der Waals surface area contributed by atoms with Crippen molar-refractivity contribution in [1.29, 1.82) is 0 Å². The molecule has 1 aromatic rings. The molecule has 0 aromatic heterocycles. The van der Waals surface area contributed by atoms with Crippen LogP contribution in [0, 0.1) is 0 Å². The first-order valence-corrected chi connectivity index (χ1v) is 7.41. The molecule has 0 bridgehead atoms. The highest BCUT2D eigenvalue weighted by atomic mass is 79.9. The van der Waals surface area contributed by atoms with Crippen LogP contribution in [0.4, 0.5) is 0 Å².